The Balaban J connectivity index is 2.52. The zero-order valence-corrected chi connectivity index (χ0v) is 8.53. The first kappa shape index (κ1) is 9.71. The van der Waals surface area contributed by atoms with Gasteiger partial charge in [-0.3, -0.25) is 9.59 Å². The number of fused-ring (bicyclic) bond motifs is 1. The summed E-state index contributed by atoms with van der Waals surface area (Å²) < 4.78 is 5.45. The van der Waals surface area contributed by atoms with Crippen LogP contribution in [-0.4, -0.2) is 18.3 Å². The highest BCUT2D eigenvalue weighted by molar-refractivity contribution is 5.98. The number of rotatable bonds is 1. The molecule has 0 aliphatic carbocycles. The predicted molar refractivity (Wildman–Crippen MR) is 55.3 cm³/mol. The maximum absolute atomic E-state index is 11.3. The molecule has 1 heterocycles. The molecular formula is C11H11NO3. The molecule has 15 heavy (non-hydrogen) atoms. The molecule has 1 aliphatic rings. The van der Waals surface area contributed by atoms with Gasteiger partial charge >= 0.3 is 0 Å². The molecule has 0 saturated carbocycles. The Labute approximate surface area is 87.2 Å². The number of benzene rings is 1. The number of amides is 1. The second-order valence-corrected chi connectivity index (χ2v) is 3.58. The summed E-state index contributed by atoms with van der Waals surface area (Å²) in [5.41, 5.74) is 1.95. The van der Waals surface area contributed by atoms with Gasteiger partial charge in [0.05, 0.1) is 5.69 Å². The molecule has 1 aromatic rings. The zero-order chi connectivity index (χ0) is 11.0. The summed E-state index contributed by atoms with van der Waals surface area (Å²) >= 11 is 0. The maximum Gasteiger partial charge on any atom is 0.265 e. The number of carbonyl (C=O) groups is 2. The van der Waals surface area contributed by atoms with Crippen LogP contribution in [0.1, 0.15) is 22.8 Å². The van der Waals surface area contributed by atoms with Gasteiger partial charge in [0.1, 0.15) is 12.0 Å². The topological polar surface area (TPSA) is 55.4 Å². The van der Waals surface area contributed by atoms with Crippen molar-refractivity contribution in [1.29, 1.82) is 0 Å². The smallest absolute Gasteiger partial charge is 0.265 e. The van der Waals surface area contributed by atoms with Crippen molar-refractivity contribution in [2.24, 2.45) is 0 Å². The number of aldehydes is 1. The molecule has 4 nitrogen and oxygen atoms in total. The van der Waals surface area contributed by atoms with Gasteiger partial charge in [-0.2, -0.15) is 0 Å². The molecule has 0 bridgehead atoms. The fourth-order valence-corrected chi connectivity index (χ4v) is 1.58. The van der Waals surface area contributed by atoms with Gasteiger partial charge < -0.3 is 10.1 Å². The molecule has 0 spiro atoms. The van der Waals surface area contributed by atoms with Crippen molar-refractivity contribution in [2.75, 3.05) is 5.32 Å². The number of anilines is 1. The SMILES string of the molecule is Cc1cc(C=O)cc2c1OC(C)C(=O)N2. The minimum Gasteiger partial charge on any atom is -0.478 e. The second kappa shape index (κ2) is 3.38. The Bertz CT molecular complexity index is 440. The van der Waals surface area contributed by atoms with E-state index in [4.69, 9.17) is 4.74 Å². The van der Waals surface area contributed by atoms with Gasteiger partial charge in [0.2, 0.25) is 0 Å². The first-order valence-electron chi connectivity index (χ1n) is 4.69. The van der Waals surface area contributed by atoms with Gasteiger partial charge in [0.15, 0.2) is 6.10 Å². The fourth-order valence-electron chi connectivity index (χ4n) is 1.58. The van der Waals surface area contributed by atoms with Gasteiger partial charge in [-0.1, -0.05) is 0 Å². The lowest BCUT2D eigenvalue weighted by Crippen LogP contribution is -2.34. The van der Waals surface area contributed by atoms with Crippen LogP contribution in [0.25, 0.3) is 0 Å². The normalized spacial score (nSPS) is 18.8. The molecule has 0 fully saturated rings. The molecule has 0 aromatic heterocycles. The van der Waals surface area contributed by atoms with E-state index >= 15 is 0 Å². The average molecular weight is 205 g/mol. The summed E-state index contributed by atoms with van der Waals surface area (Å²) in [7, 11) is 0. The number of ether oxygens (including phenoxy) is 1. The Morgan fingerprint density at radius 2 is 2.20 bits per heavy atom. The van der Waals surface area contributed by atoms with Crippen LogP contribution in [0.3, 0.4) is 0 Å². The third-order valence-corrected chi connectivity index (χ3v) is 2.35. The van der Waals surface area contributed by atoms with E-state index in [2.05, 4.69) is 5.32 Å². The largest absolute Gasteiger partial charge is 0.478 e. The summed E-state index contributed by atoms with van der Waals surface area (Å²) in [5, 5.41) is 2.70. The molecule has 1 atom stereocenters. The van der Waals surface area contributed by atoms with Crippen LogP contribution in [0.5, 0.6) is 5.75 Å². The lowest BCUT2D eigenvalue weighted by atomic mass is 10.1. The highest BCUT2D eigenvalue weighted by Crippen LogP contribution is 2.33. The van der Waals surface area contributed by atoms with Gasteiger partial charge in [0.25, 0.3) is 5.91 Å². The minimum absolute atomic E-state index is 0.190. The number of hydrogen-bond acceptors (Lipinski definition) is 3. The zero-order valence-electron chi connectivity index (χ0n) is 8.53. The van der Waals surface area contributed by atoms with Crippen LogP contribution in [0.15, 0.2) is 12.1 Å². The van der Waals surface area contributed by atoms with E-state index in [-0.39, 0.29) is 5.91 Å². The molecule has 1 amide bonds. The first-order chi connectivity index (χ1) is 7.11. The standard InChI is InChI=1S/C11H11NO3/c1-6-3-8(5-13)4-9-10(6)15-7(2)11(14)12-9/h3-5,7H,1-2H3,(H,12,14). The number of hydrogen-bond donors (Lipinski definition) is 1. The van der Waals surface area contributed by atoms with E-state index in [1.165, 1.54) is 0 Å². The van der Waals surface area contributed by atoms with Gasteiger partial charge in [-0.15, -0.1) is 0 Å². The van der Waals surface area contributed by atoms with Crippen molar-refractivity contribution in [3.05, 3.63) is 23.3 Å². The average Bonchev–Trinajstić information content (AvgIpc) is 2.21. The molecule has 1 N–H and O–H groups in total. The van der Waals surface area contributed by atoms with Crippen LogP contribution in [0.2, 0.25) is 0 Å². The molecular weight excluding hydrogens is 194 g/mol. The summed E-state index contributed by atoms with van der Waals surface area (Å²) in [6.45, 7) is 3.53. The fraction of sp³-hybridized carbons (Fsp3) is 0.273. The molecule has 78 valence electrons. The third kappa shape index (κ3) is 1.58. The van der Waals surface area contributed by atoms with E-state index < -0.39 is 6.10 Å². The molecule has 2 rings (SSSR count). The molecule has 0 radical (unpaired) electrons. The summed E-state index contributed by atoms with van der Waals surface area (Å²) in [6.07, 6.45) is 0.260. The maximum atomic E-state index is 11.3. The summed E-state index contributed by atoms with van der Waals surface area (Å²) in [5.74, 6) is 0.456. The minimum atomic E-state index is -0.488. The Morgan fingerprint density at radius 1 is 1.47 bits per heavy atom. The Morgan fingerprint density at radius 3 is 2.87 bits per heavy atom. The predicted octanol–water partition coefficient (Wildman–Crippen LogP) is 1.53. The highest BCUT2D eigenvalue weighted by atomic mass is 16.5. The molecule has 1 unspecified atom stereocenters. The molecule has 0 saturated heterocycles. The molecule has 1 aliphatic heterocycles. The van der Waals surface area contributed by atoms with Crippen molar-refractivity contribution >= 4 is 17.9 Å². The van der Waals surface area contributed by atoms with Crippen LogP contribution in [0, 0.1) is 6.92 Å². The van der Waals surface area contributed by atoms with Gasteiger partial charge in [-0.25, -0.2) is 0 Å². The van der Waals surface area contributed by atoms with E-state index in [0.29, 0.717) is 17.0 Å². The van der Waals surface area contributed by atoms with Crippen molar-refractivity contribution < 1.29 is 14.3 Å². The number of aryl methyl sites for hydroxylation is 1. The lowest BCUT2D eigenvalue weighted by Gasteiger charge is -2.24. The van der Waals surface area contributed by atoms with E-state index in [1.54, 1.807) is 19.1 Å². The van der Waals surface area contributed by atoms with E-state index in [0.717, 1.165) is 11.8 Å². The highest BCUT2D eigenvalue weighted by Gasteiger charge is 2.25. The lowest BCUT2D eigenvalue weighted by molar-refractivity contribution is -0.122. The second-order valence-electron chi connectivity index (χ2n) is 3.58. The van der Waals surface area contributed by atoms with Gasteiger partial charge in [-0.05, 0) is 31.5 Å². The van der Waals surface area contributed by atoms with E-state index in [1.807, 2.05) is 6.92 Å². The van der Waals surface area contributed by atoms with Crippen LogP contribution < -0.4 is 10.1 Å². The molecule has 1 aromatic carbocycles. The van der Waals surface area contributed by atoms with Crippen molar-refractivity contribution in [3.8, 4) is 5.75 Å². The van der Waals surface area contributed by atoms with Crippen LogP contribution in [-0.2, 0) is 4.79 Å². The van der Waals surface area contributed by atoms with Crippen molar-refractivity contribution in [2.45, 2.75) is 20.0 Å². The number of carbonyl (C=O) groups excluding carboxylic acids is 2. The van der Waals surface area contributed by atoms with Crippen molar-refractivity contribution in [1.82, 2.24) is 0 Å². The summed E-state index contributed by atoms with van der Waals surface area (Å²) in [6, 6.07) is 3.34. The quantitative estimate of drug-likeness (QED) is 0.707. The van der Waals surface area contributed by atoms with Gasteiger partial charge in [0, 0.05) is 5.56 Å². The molecule has 4 heteroatoms. The Hall–Kier alpha value is -1.84. The summed E-state index contributed by atoms with van der Waals surface area (Å²) in [4.78, 5) is 22.0. The van der Waals surface area contributed by atoms with Crippen LogP contribution >= 0.6 is 0 Å². The van der Waals surface area contributed by atoms with Crippen molar-refractivity contribution in [3.63, 3.8) is 0 Å². The number of nitrogens with one attached hydrogen (secondary N) is 1. The monoisotopic (exact) mass is 205 g/mol. The van der Waals surface area contributed by atoms with E-state index in [9.17, 15) is 9.59 Å². The van der Waals surface area contributed by atoms with Crippen LogP contribution in [0.4, 0.5) is 5.69 Å². The Kier molecular flexibility index (Phi) is 2.19. The third-order valence-electron chi connectivity index (χ3n) is 2.35. The first-order valence-corrected chi connectivity index (χ1v) is 4.69.